The van der Waals surface area contributed by atoms with E-state index in [9.17, 15) is 9.59 Å². The highest BCUT2D eigenvalue weighted by molar-refractivity contribution is 14.1. The number of carbonyl (C=O) groups excluding carboxylic acids is 2. The Kier molecular flexibility index (Phi) is 5.37. The highest BCUT2D eigenvalue weighted by Gasteiger charge is 2.14. The molecule has 6 heteroatoms. The molecule has 2 rings (SSSR count). The van der Waals surface area contributed by atoms with Crippen molar-refractivity contribution in [1.29, 1.82) is 0 Å². The topological polar surface area (TPSA) is 61.4 Å². The average molecular weight is 409 g/mol. The van der Waals surface area contributed by atoms with Gasteiger partial charge in [-0.3, -0.25) is 9.59 Å². The molecule has 0 aliphatic heterocycles. The van der Waals surface area contributed by atoms with Gasteiger partial charge in [0.25, 0.3) is 0 Å². The number of rotatable bonds is 3. The van der Waals surface area contributed by atoms with Crippen molar-refractivity contribution in [1.82, 2.24) is 0 Å². The first kappa shape index (κ1) is 16.3. The molecule has 0 saturated carbocycles. The SMILES string of the molecule is CN(C)c1ccc(NC(=O)C(=O)Nc2ccc(I)cc2)cc1. The van der Waals surface area contributed by atoms with Gasteiger partial charge in [0.15, 0.2) is 0 Å². The molecule has 0 fully saturated rings. The van der Waals surface area contributed by atoms with Gasteiger partial charge in [-0.2, -0.15) is 0 Å². The number of hydrogen-bond acceptors (Lipinski definition) is 3. The molecule has 0 aromatic heterocycles. The average Bonchev–Trinajstić information content (AvgIpc) is 2.50. The minimum absolute atomic E-state index is 0.577. The third-order valence-corrected chi connectivity index (χ3v) is 3.67. The first-order valence-corrected chi connectivity index (χ1v) is 7.69. The first-order valence-electron chi connectivity index (χ1n) is 6.61. The molecule has 2 aromatic rings. The number of anilines is 3. The zero-order valence-electron chi connectivity index (χ0n) is 12.3. The lowest BCUT2D eigenvalue weighted by Gasteiger charge is -2.13. The van der Waals surface area contributed by atoms with Crippen LogP contribution in [0.1, 0.15) is 0 Å². The second kappa shape index (κ2) is 7.26. The Balaban J connectivity index is 1.96. The van der Waals surface area contributed by atoms with E-state index in [-0.39, 0.29) is 0 Å². The molecule has 0 aliphatic rings. The van der Waals surface area contributed by atoms with E-state index >= 15 is 0 Å². The van der Waals surface area contributed by atoms with Crippen LogP contribution in [0.3, 0.4) is 0 Å². The summed E-state index contributed by atoms with van der Waals surface area (Å²) in [4.78, 5) is 25.7. The maximum absolute atomic E-state index is 11.9. The molecule has 0 unspecified atom stereocenters. The fraction of sp³-hybridized carbons (Fsp3) is 0.125. The van der Waals surface area contributed by atoms with Crippen LogP contribution in [0, 0.1) is 3.57 Å². The van der Waals surface area contributed by atoms with Gasteiger partial charge in [0.05, 0.1) is 0 Å². The van der Waals surface area contributed by atoms with Crippen LogP contribution in [0.25, 0.3) is 0 Å². The number of benzene rings is 2. The third kappa shape index (κ3) is 4.45. The van der Waals surface area contributed by atoms with Crippen molar-refractivity contribution < 1.29 is 9.59 Å². The molecule has 5 nitrogen and oxygen atoms in total. The fourth-order valence-corrected chi connectivity index (χ4v) is 2.11. The van der Waals surface area contributed by atoms with E-state index in [1.807, 2.05) is 43.3 Å². The van der Waals surface area contributed by atoms with Crippen LogP contribution in [-0.4, -0.2) is 25.9 Å². The van der Waals surface area contributed by atoms with E-state index in [1.54, 1.807) is 24.3 Å². The molecule has 0 atom stereocenters. The van der Waals surface area contributed by atoms with Crippen molar-refractivity contribution >= 4 is 51.5 Å². The van der Waals surface area contributed by atoms with Gasteiger partial charge in [-0.15, -0.1) is 0 Å². The minimum Gasteiger partial charge on any atom is -0.378 e. The molecule has 0 spiro atoms. The molecule has 0 heterocycles. The van der Waals surface area contributed by atoms with Crippen LogP contribution in [0.15, 0.2) is 48.5 Å². The van der Waals surface area contributed by atoms with Gasteiger partial charge in [-0.25, -0.2) is 0 Å². The number of amides is 2. The second-order valence-electron chi connectivity index (χ2n) is 4.86. The molecular formula is C16H16IN3O2. The lowest BCUT2D eigenvalue weighted by Crippen LogP contribution is -2.29. The van der Waals surface area contributed by atoms with E-state index < -0.39 is 11.8 Å². The summed E-state index contributed by atoms with van der Waals surface area (Å²) in [6.07, 6.45) is 0. The molecule has 0 saturated heterocycles. The summed E-state index contributed by atoms with van der Waals surface area (Å²) in [6, 6.07) is 14.5. The zero-order valence-corrected chi connectivity index (χ0v) is 14.4. The third-order valence-electron chi connectivity index (χ3n) is 2.95. The lowest BCUT2D eigenvalue weighted by atomic mass is 10.2. The number of nitrogens with one attached hydrogen (secondary N) is 2. The minimum atomic E-state index is -0.698. The Morgan fingerprint density at radius 3 is 1.64 bits per heavy atom. The maximum Gasteiger partial charge on any atom is 0.314 e. The number of carbonyl (C=O) groups is 2. The molecule has 2 N–H and O–H groups in total. The molecule has 2 amide bonds. The predicted molar refractivity (Wildman–Crippen MR) is 97.2 cm³/mol. The van der Waals surface area contributed by atoms with Crippen LogP contribution in [-0.2, 0) is 9.59 Å². The van der Waals surface area contributed by atoms with Crippen molar-refractivity contribution in [3.63, 3.8) is 0 Å². The van der Waals surface area contributed by atoms with Crippen LogP contribution in [0.2, 0.25) is 0 Å². The van der Waals surface area contributed by atoms with Gasteiger partial charge >= 0.3 is 11.8 Å². The van der Waals surface area contributed by atoms with E-state index in [2.05, 4.69) is 33.2 Å². The van der Waals surface area contributed by atoms with Gasteiger partial charge in [0, 0.05) is 34.7 Å². The van der Waals surface area contributed by atoms with Crippen molar-refractivity contribution in [3.8, 4) is 0 Å². The number of hydrogen-bond donors (Lipinski definition) is 2. The number of halogens is 1. The van der Waals surface area contributed by atoms with Gasteiger partial charge in [0.1, 0.15) is 0 Å². The molecule has 0 aliphatic carbocycles. The van der Waals surface area contributed by atoms with Crippen molar-refractivity contribution in [2.75, 3.05) is 29.6 Å². The summed E-state index contributed by atoms with van der Waals surface area (Å²) < 4.78 is 1.06. The van der Waals surface area contributed by atoms with Gasteiger partial charge < -0.3 is 15.5 Å². The van der Waals surface area contributed by atoms with Gasteiger partial charge in [-0.05, 0) is 71.1 Å². The van der Waals surface area contributed by atoms with Crippen molar-refractivity contribution in [3.05, 3.63) is 52.1 Å². The summed E-state index contributed by atoms with van der Waals surface area (Å²) in [5.74, 6) is -1.39. The Morgan fingerprint density at radius 2 is 1.23 bits per heavy atom. The van der Waals surface area contributed by atoms with Crippen LogP contribution < -0.4 is 15.5 Å². The van der Waals surface area contributed by atoms with Crippen LogP contribution in [0.4, 0.5) is 17.1 Å². The first-order chi connectivity index (χ1) is 10.5. The highest BCUT2D eigenvalue weighted by atomic mass is 127. The number of nitrogens with zero attached hydrogens (tertiary/aromatic N) is 1. The Bertz CT molecular complexity index is 667. The van der Waals surface area contributed by atoms with Crippen LogP contribution >= 0.6 is 22.6 Å². The van der Waals surface area contributed by atoms with E-state index in [1.165, 1.54) is 0 Å². The highest BCUT2D eigenvalue weighted by Crippen LogP contribution is 2.16. The normalized spacial score (nSPS) is 9.95. The quantitative estimate of drug-likeness (QED) is 0.606. The zero-order chi connectivity index (χ0) is 16.1. The lowest BCUT2D eigenvalue weighted by molar-refractivity contribution is -0.132. The Hall–Kier alpha value is -2.09. The van der Waals surface area contributed by atoms with E-state index in [0.29, 0.717) is 11.4 Å². The molecule has 114 valence electrons. The van der Waals surface area contributed by atoms with Gasteiger partial charge in [-0.1, -0.05) is 0 Å². The molecule has 2 aromatic carbocycles. The van der Waals surface area contributed by atoms with Crippen LogP contribution in [0.5, 0.6) is 0 Å². The van der Waals surface area contributed by atoms with E-state index in [0.717, 1.165) is 9.26 Å². The summed E-state index contributed by atoms with van der Waals surface area (Å²) in [5, 5.41) is 5.12. The maximum atomic E-state index is 11.9. The summed E-state index contributed by atoms with van der Waals surface area (Å²) in [6.45, 7) is 0. The van der Waals surface area contributed by atoms with Gasteiger partial charge in [0.2, 0.25) is 0 Å². The summed E-state index contributed by atoms with van der Waals surface area (Å²) in [7, 11) is 3.87. The second-order valence-corrected chi connectivity index (χ2v) is 6.10. The standard InChI is InChI=1S/C16H16IN3O2/c1-20(2)14-9-7-13(8-10-14)19-16(22)15(21)18-12-5-3-11(17)4-6-12/h3-10H,1-2H3,(H,18,21)(H,19,22). The largest absolute Gasteiger partial charge is 0.378 e. The van der Waals surface area contributed by atoms with Crippen molar-refractivity contribution in [2.24, 2.45) is 0 Å². The fourth-order valence-electron chi connectivity index (χ4n) is 1.75. The Labute approximate surface area is 142 Å². The Morgan fingerprint density at radius 1 is 0.818 bits per heavy atom. The molecule has 22 heavy (non-hydrogen) atoms. The molecular weight excluding hydrogens is 393 g/mol. The smallest absolute Gasteiger partial charge is 0.314 e. The molecule has 0 bridgehead atoms. The van der Waals surface area contributed by atoms with Crippen molar-refractivity contribution in [2.45, 2.75) is 0 Å². The predicted octanol–water partition coefficient (Wildman–Crippen LogP) is 2.93. The molecule has 0 radical (unpaired) electrons. The monoisotopic (exact) mass is 409 g/mol. The van der Waals surface area contributed by atoms with E-state index in [4.69, 9.17) is 0 Å². The summed E-state index contributed by atoms with van der Waals surface area (Å²) in [5.41, 5.74) is 2.18. The summed E-state index contributed by atoms with van der Waals surface area (Å²) >= 11 is 2.17.